The van der Waals surface area contributed by atoms with E-state index >= 15 is 0 Å². The highest BCUT2D eigenvalue weighted by Crippen LogP contribution is 2.37. The Morgan fingerprint density at radius 2 is 1.85 bits per heavy atom. The molecule has 1 aliphatic carbocycles. The molecule has 2 heterocycles. The minimum atomic E-state index is 0.600. The van der Waals surface area contributed by atoms with Crippen LogP contribution < -0.4 is 9.47 Å². The molecule has 2 aromatic rings. The zero-order chi connectivity index (χ0) is 17.9. The maximum absolute atomic E-state index is 6.07. The molecule has 0 spiro atoms. The molecule has 2 aliphatic rings. The topological polar surface area (TPSA) is 39.5 Å². The number of aryl methyl sites for hydroxylation is 1. The minimum absolute atomic E-state index is 0.600. The predicted molar refractivity (Wildman–Crippen MR) is 104 cm³/mol. The fraction of sp³-hybridized carbons (Fsp3) is 0.667. The van der Waals surface area contributed by atoms with Crippen molar-refractivity contribution in [2.45, 2.75) is 50.9 Å². The standard InChI is InChI=1S/C21H31N3O2/c1-23-18-15-19(25-2)20(26-13-7-12-24-10-5-6-11-24)14-17(18)22-21(23)16-8-3-4-9-16/h14-16H,3-13H2,1-2H3. The molecule has 26 heavy (non-hydrogen) atoms. The molecule has 0 N–H and O–H groups in total. The van der Waals surface area contributed by atoms with Crippen molar-refractivity contribution in [2.75, 3.05) is 33.4 Å². The van der Waals surface area contributed by atoms with E-state index in [1.807, 2.05) is 0 Å². The van der Waals surface area contributed by atoms with Crippen molar-refractivity contribution in [1.82, 2.24) is 14.5 Å². The van der Waals surface area contributed by atoms with Gasteiger partial charge in [-0.05, 0) is 45.2 Å². The van der Waals surface area contributed by atoms with Gasteiger partial charge in [0, 0.05) is 31.6 Å². The molecule has 5 heteroatoms. The van der Waals surface area contributed by atoms with Crippen molar-refractivity contribution >= 4 is 11.0 Å². The number of aromatic nitrogens is 2. The second kappa shape index (κ2) is 7.87. The molecule has 0 atom stereocenters. The van der Waals surface area contributed by atoms with Gasteiger partial charge in [0.25, 0.3) is 0 Å². The number of benzene rings is 1. The van der Waals surface area contributed by atoms with E-state index in [2.05, 4.69) is 28.6 Å². The maximum Gasteiger partial charge on any atom is 0.163 e. The summed E-state index contributed by atoms with van der Waals surface area (Å²) in [6.07, 6.45) is 8.90. The van der Waals surface area contributed by atoms with E-state index in [1.165, 1.54) is 57.4 Å². The summed E-state index contributed by atoms with van der Waals surface area (Å²) in [5.74, 6) is 3.44. The van der Waals surface area contributed by atoms with Gasteiger partial charge in [0.2, 0.25) is 0 Å². The minimum Gasteiger partial charge on any atom is -0.493 e. The summed E-state index contributed by atoms with van der Waals surface area (Å²) in [4.78, 5) is 7.46. The number of likely N-dealkylation sites (tertiary alicyclic amines) is 1. The van der Waals surface area contributed by atoms with Crippen molar-refractivity contribution < 1.29 is 9.47 Å². The summed E-state index contributed by atoms with van der Waals surface area (Å²) < 4.78 is 13.9. The average molecular weight is 357 g/mol. The highest BCUT2D eigenvalue weighted by Gasteiger charge is 2.23. The first kappa shape index (κ1) is 17.7. The molecule has 5 nitrogen and oxygen atoms in total. The molecule has 1 aromatic heterocycles. The predicted octanol–water partition coefficient (Wildman–Crippen LogP) is 4.10. The molecule has 0 bridgehead atoms. The highest BCUT2D eigenvalue weighted by molar-refractivity contribution is 5.80. The number of hydrogen-bond acceptors (Lipinski definition) is 4. The smallest absolute Gasteiger partial charge is 0.163 e. The molecule has 1 saturated heterocycles. The summed E-state index contributed by atoms with van der Waals surface area (Å²) in [5.41, 5.74) is 2.15. The zero-order valence-electron chi connectivity index (χ0n) is 16.2. The molecule has 142 valence electrons. The fourth-order valence-electron chi connectivity index (χ4n) is 4.52. The molecule has 2 fully saturated rings. The normalized spacial score (nSPS) is 18.8. The second-order valence-electron chi connectivity index (χ2n) is 7.75. The van der Waals surface area contributed by atoms with Crippen LogP contribution in [0.1, 0.15) is 56.7 Å². The van der Waals surface area contributed by atoms with Crippen molar-refractivity contribution in [3.63, 3.8) is 0 Å². The van der Waals surface area contributed by atoms with Crippen molar-refractivity contribution in [3.05, 3.63) is 18.0 Å². The third-order valence-electron chi connectivity index (χ3n) is 6.00. The zero-order valence-corrected chi connectivity index (χ0v) is 16.2. The number of nitrogens with zero attached hydrogens (tertiary/aromatic N) is 3. The van der Waals surface area contributed by atoms with Gasteiger partial charge in [-0.25, -0.2) is 4.98 Å². The molecule has 1 aliphatic heterocycles. The molecular formula is C21H31N3O2. The Bertz CT molecular complexity index is 743. The van der Waals surface area contributed by atoms with Crippen LogP contribution in [-0.4, -0.2) is 47.8 Å². The van der Waals surface area contributed by atoms with Crippen LogP contribution in [0, 0.1) is 0 Å². The van der Waals surface area contributed by atoms with Crippen LogP contribution in [0.2, 0.25) is 0 Å². The van der Waals surface area contributed by atoms with E-state index in [-0.39, 0.29) is 0 Å². The molecule has 1 aromatic carbocycles. The molecular weight excluding hydrogens is 326 g/mol. The lowest BCUT2D eigenvalue weighted by Crippen LogP contribution is -2.21. The van der Waals surface area contributed by atoms with Gasteiger partial charge in [-0.2, -0.15) is 0 Å². The van der Waals surface area contributed by atoms with Crippen LogP contribution in [0.25, 0.3) is 11.0 Å². The van der Waals surface area contributed by atoms with Crippen LogP contribution in [-0.2, 0) is 7.05 Å². The highest BCUT2D eigenvalue weighted by atomic mass is 16.5. The third-order valence-corrected chi connectivity index (χ3v) is 6.00. The first-order chi connectivity index (χ1) is 12.8. The monoisotopic (exact) mass is 357 g/mol. The third kappa shape index (κ3) is 3.54. The Balaban J connectivity index is 1.48. The molecule has 1 saturated carbocycles. The summed E-state index contributed by atoms with van der Waals surface area (Å²) in [6.45, 7) is 4.33. The first-order valence-electron chi connectivity index (χ1n) is 10.2. The van der Waals surface area contributed by atoms with E-state index in [1.54, 1.807) is 7.11 Å². The average Bonchev–Trinajstić information content (AvgIpc) is 3.40. The fourth-order valence-corrected chi connectivity index (χ4v) is 4.52. The van der Waals surface area contributed by atoms with Crippen LogP contribution in [0.4, 0.5) is 0 Å². The largest absolute Gasteiger partial charge is 0.493 e. The summed E-state index contributed by atoms with van der Waals surface area (Å²) in [7, 11) is 3.84. The van der Waals surface area contributed by atoms with Crippen LogP contribution in [0.15, 0.2) is 12.1 Å². The molecule has 0 radical (unpaired) electrons. The Labute approximate surface area is 156 Å². The van der Waals surface area contributed by atoms with Crippen molar-refractivity contribution in [2.24, 2.45) is 7.05 Å². The first-order valence-corrected chi connectivity index (χ1v) is 10.2. The van der Waals surface area contributed by atoms with Crippen molar-refractivity contribution in [1.29, 1.82) is 0 Å². The van der Waals surface area contributed by atoms with E-state index in [9.17, 15) is 0 Å². The number of ether oxygens (including phenoxy) is 2. The molecule has 0 amide bonds. The summed E-state index contributed by atoms with van der Waals surface area (Å²) in [5, 5.41) is 0. The van der Waals surface area contributed by atoms with Crippen LogP contribution >= 0.6 is 0 Å². The molecule has 4 rings (SSSR count). The van der Waals surface area contributed by atoms with Crippen LogP contribution in [0.5, 0.6) is 11.5 Å². The quantitative estimate of drug-likeness (QED) is 0.699. The summed E-state index contributed by atoms with van der Waals surface area (Å²) in [6, 6.07) is 4.14. The Morgan fingerprint density at radius 3 is 2.58 bits per heavy atom. The number of methoxy groups -OCH3 is 1. The van der Waals surface area contributed by atoms with Gasteiger partial charge in [-0.1, -0.05) is 12.8 Å². The van der Waals surface area contributed by atoms with Crippen molar-refractivity contribution in [3.8, 4) is 11.5 Å². The van der Waals surface area contributed by atoms with E-state index in [0.29, 0.717) is 5.92 Å². The van der Waals surface area contributed by atoms with Gasteiger partial charge in [-0.15, -0.1) is 0 Å². The van der Waals surface area contributed by atoms with Gasteiger partial charge in [0.15, 0.2) is 11.5 Å². The van der Waals surface area contributed by atoms with Gasteiger partial charge in [0.05, 0.1) is 24.8 Å². The molecule has 0 unspecified atom stereocenters. The second-order valence-corrected chi connectivity index (χ2v) is 7.75. The maximum atomic E-state index is 6.07. The van der Waals surface area contributed by atoms with Gasteiger partial charge >= 0.3 is 0 Å². The lowest BCUT2D eigenvalue weighted by molar-refractivity contribution is 0.254. The lowest BCUT2D eigenvalue weighted by Gasteiger charge is -2.15. The Morgan fingerprint density at radius 1 is 1.08 bits per heavy atom. The van der Waals surface area contributed by atoms with E-state index in [4.69, 9.17) is 14.5 Å². The van der Waals surface area contributed by atoms with E-state index < -0.39 is 0 Å². The Kier molecular flexibility index (Phi) is 5.34. The van der Waals surface area contributed by atoms with Gasteiger partial charge in [-0.3, -0.25) is 0 Å². The lowest BCUT2D eigenvalue weighted by atomic mass is 10.1. The van der Waals surface area contributed by atoms with E-state index in [0.717, 1.165) is 42.1 Å². The summed E-state index contributed by atoms with van der Waals surface area (Å²) >= 11 is 0. The van der Waals surface area contributed by atoms with Crippen LogP contribution in [0.3, 0.4) is 0 Å². The number of hydrogen-bond donors (Lipinski definition) is 0. The Hall–Kier alpha value is -1.75. The number of fused-ring (bicyclic) bond motifs is 1. The van der Waals surface area contributed by atoms with Gasteiger partial charge < -0.3 is 18.9 Å². The SMILES string of the molecule is COc1cc2c(cc1OCCCN1CCCC1)nc(C1CCCC1)n2C. The van der Waals surface area contributed by atoms with Gasteiger partial charge in [0.1, 0.15) is 5.82 Å². The number of rotatable bonds is 7. The number of imidazole rings is 1.